The fourth-order valence-electron chi connectivity index (χ4n) is 2.57. The van der Waals surface area contributed by atoms with Crippen LogP contribution in [0.25, 0.3) is 0 Å². The monoisotopic (exact) mass is 354 g/mol. The lowest BCUT2D eigenvalue weighted by Gasteiger charge is -2.08. The lowest BCUT2D eigenvalue weighted by Crippen LogP contribution is -2.15. The van der Waals surface area contributed by atoms with Crippen LogP contribution in [0.1, 0.15) is 17.7 Å². The van der Waals surface area contributed by atoms with Crippen molar-refractivity contribution in [3.8, 4) is 0 Å². The van der Waals surface area contributed by atoms with E-state index in [2.05, 4.69) is 15.5 Å². The first-order valence-corrected chi connectivity index (χ1v) is 8.06. The van der Waals surface area contributed by atoms with E-state index >= 15 is 0 Å². The second-order valence-electron chi connectivity index (χ2n) is 5.82. The Balaban J connectivity index is 1.56. The van der Waals surface area contributed by atoms with Crippen molar-refractivity contribution < 1.29 is 9.72 Å². The van der Waals surface area contributed by atoms with E-state index in [4.69, 9.17) is 0 Å². The summed E-state index contributed by atoms with van der Waals surface area (Å²) in [4.78, 5) is 22.5. The number of benzene rings is 1. The number of carbonyl (C=O) groups excluding carboxylic acids is 1. The Labute approximate surface area is 149 Å². The average molecular weight is 354 g/mol. The smallest absolute Gasteiger partial charge is 0.309 e. The number of aryl methyl sites for hydroxylation is 2. The predicted octanol–water partition coefficient (Wildman–Crippen LogP) is 2.37. The average Bonchev–Trinajstić information content (AvgIpc) is 3.23. The number of carbonyl (C=O) groups is 1. The first-order valence-electron chi connectivity index (χ1n) is 8.06. The third-order valence-electron chi connectivity index (χ3n) is 3.80. The first-order chi connectivity index (χ1) is 12.5. The summed E-state index contributed by atoms with van der Waals surface area (Å²) in [5.74, 6) is -0.183. The van der Waals surface area contributed by atoms with Gasteiger partial charge in [0.05, 0.1) is 11.5 Å². The van der Waals surface area contributed by atoms with Crippen molar-refractivity contribution in [2.24, 2.45) is 0 Å². The zero-order chi connectivity index (χ0) is 18.5. The van der Waals surface area contributed by atoms with Crippen LogP contribution in [0.4, 0.5) is 11.4 Å². The fourth-order valence-corrected chi connectivity index (χ4v) is 2.57. The maximum absolute atomic E-state index is 12.1. The second-order valence-corrected chi connectivity index (χ2v) is 5.82. The number of nitrogens with one attached hydrogen (secondary N) is 1. The van der Waals surface area contributed by atoms with Gasteiger partial charge in [0, 0.05) is 31.0 Å². The highest BCUT2D eigenvalue weighted by Gasteiger charge is 2.15. The molecule has 26 heavy (non-hydrogen) atoms. The molecular formula is C17H18N6O3. The molecule has 0 atom stereocenters. The third kappa shape index (κ3) is 4.32. The summed E-state index contributed by atoms with van der Waals surface area (Å²) in [6, 6.07) is 9.39. The SMILES string of the molecule is Cc1nn(CCC(=O)Nc2cccc(Cn3cccn3)c2)cc1[N+](=O)[O-]. The Morgan fingerprint density at radius 2 is 2.15 bits per heavy atom. The predicted molar refractivity (Wildman–Crippen MR) is 94.6 cm³/mol. The Morgan fingerprint density at radius 1 is 1.31 bits per heavy atom. The van der Waals surface area contributed by atoms with Crippen molar-refractivity contribution in [3.63, 3.8) is 0 Å². The lowest BCUT2D eigenvalue weighted by molar-refractivity contribution is -0.385. The maximum Gasteiger partial charge on any atom is 0.309 e. The molecule has 1 N–H and O–H groups in total. The highest BCUT2D eigenvalue weighted by Crippen LogP contribution is 2.16. The van der Waals surface area contributed by atoms with Crippen molar-refractivity contribution >= 4 is 17.3 Å². The molecule has 1 aromatic carbocycles. The van der Waals surface area contributed by atoms with Gasteiger partial charge in [0.25, 0.3) is 0 Å². The molecule has 2 heterocycles. The molecule has 1 amide bonds. The number of rotatable bonds is 7. The standard InChI is InChI=1S/C17H18N6O3/c1-13-16(23(25)26)12-22(20-13)9-6-17(24)19-15-5-2-4-14(10-15)11-21-8-3-7-18-21/h2-5,7-8,10,12H,6,9,11H2,1H3,(H,19,24). The highest BCUT2D eigenvalue weighted by molar-refractivity contribution is 5.90. The summed E-state index contributed by atoms with van der Waals surface area (Å²) in [5.41, 5.74) is 2.01. The van der Waals surface area contributed by atoms with Gasteiger partial charge in [-0.3, -0.25) is 24.3 Å². The van der Waals surface area contributed by atoms with E-state index < -0.39 is 4.92 Å². The largest absolute Gasteiger partial charge is 0.326 e. The van der Waals surface area contributed by atoms with Crippen LogP contribution >= 0.6 is 0 Å². The van der Waals surface area contributed by atoms with Crippen molar-refractivity contribution in [3.05, 3.63) is 70.3 Å². The number of amides is 1. The Bertz CT molecular complexity index is 916. The van der Waals surface area contributed by atoms with Gasteiger partial charge in [0.15, 0.2) is 0 Å². The van der Waals surface area contributed by atoms with Crippen LogP contribution in [-0.2, 0) is 17.9 Å². The minimum atomic E-state index is -0.482. The Morgan fingerprint density at radius 3 is 2.85 bits per heavy atom. The van der Waals surface area contributed by atoms with E-state index in [9.17, 15) is 14.9 Å². The number of hydrogen-bond donors (Lipinski definition) is 1. The normalized spacial score (nSPS) is 10.7. The van der Waals surface area contributed by atoms with Gasteiger partial charge < -0.3 is 5.32 Å². The molecule has 0 radical (unpaired) electrons. The number of aromatic nitrogens is 4. The van der Waals surface area contributed by atoms with Gasteiger partial charge in [0.1, 0.15) is 11.9 Å². The number of anilines is 1. The number of nitro groups is 1. The molecule has 0 aliphatic rings. The van der Waals surface area contributed by atoms with Crippen LogP contribution in [0.15, 0.2) is 48.9 Å². The van der Waals surface area contributed by atoms with Crippen LogP contribution in [-0.4, -0.2) is 30.4 Å². The summed E-state index contributed by atoms with van der Waals surface area (Å²) in [6.07, 6.45) is 5.10. The summed E-state index contributed by atoms with van der Waals surface area (Å²) < 4.78 is 3.22. The number of hydrogen-bond acceptors (Lipinski definition) is 5. The van der Waals surface area contributed by atoms with Gasteiger partial charge in [-0.25, -0.2) is 0 Å². The lowest BCUT2D eigenvalue weighted by atomic mass is 10.2. The van der Waals surface area contributed by atoms with Gasteiger partial charge in [-0.05, 0) is 30.7 Å². The van der Waals surface area contributed by atoms with Crippen LogP contribution < -0.4 is 5.32 Å². The molecule has 9 heteroatoms. The third-order valence-corrected chi connectivity index (χ3v) is 3.80. The molecule has 2 aromatic heterocycles. The molecule has 3 aromatic rings. The van der Waals surface area contributed by atoms with Gasteiger partial charge in [-0.15, -0.1) is 0 Å². The molecule has 0 saturated heterocycles. The van der Waals surface area contributed by atoms with Gasteiger partial charge in [-0.2, -0.15) is 10.2 Å². The van der Waals surface area contributed by atoms with E-state index in [0.717, 1.165) is 5.56 Å². The fraction of sp³-hybridized carbons (Fsp3) is 0.235. The zero-order valence-corrected chi connectivity index (χ0v) is 14.2. The molecule has 0 unspecified atom stereocenters. The minimum Gasteiger partial charge on any atom is -0.326 e. The second kappa shape index (κ2) is 7.60. The molecule has 0 saturated carbocycles. The molecule has 3 rings (SSSR count). The molecular weight excluding hydrogens is 336 g/mol. The van der Waals surface area contributed by atoms with Crippen molar-refractivity contribution in [1.82, 2.24) is 19.6 Å². The van der Waals surface area contributed by atoms with Gasteiger partial charge >= 0.3 is 5.69 Å². The van der Waals surface area contributed by atoms with Crippen LogP contribution in [0.5, 0.6) is 0 Å². The van der Waals surface area contributed by atoms with E-state index in [1.54, 1.807) is 17.8 Å². The summed E-state index contributed by atoms with van der Waals surface area (Å²) >= 11 is 0. The van der Waals surface area contributed by atoms with Gasteiger partial charge in [0.2, 0.25) is 5.91 Å². The summed E-state index contributed by atoms with van der Waals surface area (Å²) in [6.45, 7) is 2.46. The summed E-state index contributed by atoms with van der Waals surface area (Å²) in [5, 5.41) is 21.9. The molecule has 0 spiro atoms. The Hall–Kier alpha value is -3.49. The minimum absolute atomic E-state index is 0.0447. The van der Waals surface area contributed by atoms with Crippen LogP contribution in [0.2, 0.25) is 0 Å². The van der Waals surface area contributed by atoms with Crippen LogP contribution in [0.3, 0.4) is 0 Å². The molecule has 134 valence electrons. The highest BCUT2D eigenvalue weighted by atomic mass is 16.6. The van der Waals surface area contributed by atoms with E-state index in [1.807, 2.05) is 36.5 Å². The van der Waals surface area contributed by atoms with E-state index in [0.29, 0.717) is 17.9 Å². The zero-order valence-electron chi connectivity index (χ0n) is 14.2. The quantitative estimate of drug-likeness (QED) is 0.518. The topological polar surface area (TPSA) is 108 Å². The van der Waals surface area contributed by atoms with Crippen molar-refractivity contribution in [2.45, 2.75) is 26.4 Å². The molecule has 0 bridgehead atoms. The first kappa shape index (κ1) is 17.3. The molecule has 9 nitrogen and oxygen atoms in total. The Kier molecular flexibility index (Phi) is 5.07. The van der Waals surface area contributed by atoms with Crippen LogP contribution in [0, 0.1) is 17.0 Å². The van der Waals surface area contributed by atoms with E-state index in [1.165, 1.54) is 10.9 Å². The van der Waals surface area contributed by atoms with Gasteiger partial charge in [-0.1, -0.05) is 12.1 Å². The van der Waals surface area contributed by atoms with E-state index in [-0.39, 0.29) is 24.6 Å². The molecule has 0 aliphatic heterocycles. The summed E-state index contributed by atoms with van der Waals surface area (Å²) in [7, 11) is 0. The maximum atomic E-state index is 12.1. The van der Waals surface area contributed by atoms with Crippen molar-refractivity contribution in [1.29, 1.82) is 0 Å². The number of nitrogens with zero attached hydrogens (tertiary/aromatic N) is 5. The molecule has 0 fully saturated rings. The van der Waals surface area contributed by atoms with Crippen molar-refractivity contribution in [2.75, 3.05) is 5.32 Å². The molecule has 0 aliphatic carbocycles.